The van der Waals surface area contributed by atoms with Crippen LogP contribution in [-0.4, -0.2) is 51.5 Å². The van der Waals surface area contributed by atoms with Gasteiger partial charge in [0, 0.05) is 63.8 Å². The molecule has 1 heterocycles. The highest BCUT2D eigenvalue weighted by molar-refractivity contribution is 5.75. The summed E-state index contributed by atoms with van der Waals surface area (Å²) >= 11 is 0. The number of rotatable bonds is 6. The Kier molecular flexibility index (Phi) is 6.15. The van der Waals surface area contributed by atoms with E-state index >= 15 is 0 Å². The van der Waals surface area contributed by atoms with Gasteiger partial charge in [0.1, 0.15) is 6.29 Å². The number of hydrogen-bond acceptors (Lipinski definition) is 4. The van der Waals surface area contributed by atoms with Gasteiger partial charge in [-0.3, -0.25) is 9.69 Å². The van der Waals surface area contributed by atoms with Gasteiger partial charge in [0.2, 0.25) is 0 Å². The molecule has 0 spiro atoms. The third-order valence-electron chi connectivity index (χ3n) is 5.87. The zero-order valence-corrected chi connectivity index (χ0v) is 17.8. The maximum Gasteiger partial charge on any atom is 0.150 e. The maximum atomic E-state index is 10.9. The zero-order valence-electron chi connectivity index (χ0n) is 17.8. The van der Waals surface area contributed by atoms with Crippen LogP contribution < -0.4 is 9.80 Å². The highest BCUT2D eigenvalue weighted by Crippen LogP contribution is 2.27. The van der Waals surface area contributed by atoms with Gasteiger partial charge in [-0.2, -0.15) is 0 Å². The van der Waals surface area contributed by atoms with Gasteiger partial charge >= 0.3 is 0 Å². The first-order chi connectivity index (χ1) is 14.6. The number of carbonyl (C=O) groups is 1. The lowest BCUT2D eigenvalue weighted by atomic mass is 9.99. The molecule has 3 aromatic carbocycles. The zero-order chi connectivity index (χ0) is 20.9. The molecule has 0 amide bonds. The minimum Gasteiger partial charge on any atom is -0.378 e. The molecule has 0 radical (unpaired) electrons. The molecule has 1 fully saturated rings. The molecule has 1 aliphatic heterocycles. The van der Waals surface area contributed by atoms with Crippen molar-refractivity contribution in [1.82, 2.24) is 4.90 Å². The second-order valence-corrected chi connectivity index (χ2v) is 8.07. The summed E-state index contributed by atoms with van der Waals surface area (Å²) in [7, 11) is 4.14. The van der Waals surface area contributed by atoms with E-state index in [1.807, 2.05) is 24.3 Å². The molecule has 0 N–H and O–H groups in total. The average molecular weight is 400 g/mol. The van der Waals surface area contributed by atoms with Crippen molar-refractivity contribution in [2.45, 2.75) is 6.54 Å². The summed E-state index contributed by atoms with van der Waals surface area (Å²) in [6.45, 7) is 5.02. The summed E-state index contributed by atoms with van der Waals surface area (Å²) in [5.41, 5.74) is 7.10. The number of piperazine rings is 1. The van der Waals surface area contributed by atoms with Crippen molar-refractivity contribution in [3.63, 3.8) is 0 Å². The smallest absolute Gasteiger partial charge is 0.150 e. The van der Waals surface area contributed by atoms with Crippen LogP contribution in [0.3, 0.4) is 0 Å². The van der Waals surface area contributed by atoms with E-state index in [1.54, 1.807) is 0 Å². The van der Waals surface area contributed by atoms with Gasteiger partial charge in [0.15, 0.2) is 0 Å². The van der Waals surface area contributed by atoms with E-state index in [1.165, 1.54) is 28.1 Å². The molecule has 4 heteroatoms. The standard InChI is InChI=1S/C26H29N3O/c1-27(2)24-13-9-22(10-14-24)26-6-4-3-5-23(26)19-28-15-17-29(18-16-28)25-11-7-21(20-30)8-12-25/h3-14,20H,15-19H2,1-2H3. The summed E-state index contributed by atoms with van der Waals surface area (Å²) in [6, 6.07) is 25.4. The van der Waals surface area contributed by atoms with Crippen LogP contribution in [0.2, 0.25) is 0 Å². The van der Waals surface area contributed by atoms with Gasteiger partial charge in [-0.15, -0.1) is 0 Å². The van der Waals surface area contributed by atoms with Crippen LogP contribution in [0, 0.1) is 0 Å². The van der Waals surface area contributed by atoms with E-state index in [0.29, 0.717) is 0 Å². The highest BCUT2D eigenvalue weighted by Gasteiger charge is 2.18. The van der Waals surface area contributed by atoms with E-state index in [4.69, 9.17) is 0 Å². The van der Waals surface area contributed by atoms with Crippen LogP contribution in [0.15, 0.2) is 72.8 Å². The van der Waals surface area contributed by atoms with E-state index in [9.17, 15) is 4.79 Å². The fraction of sp³-hybridized carbons (Fsp3) is 0.269. The molecule has 0 aliphatic carbocycles. The molecular formula is C26H29N3O. The van der Waals surface area contributed by atoms with Crippen molar-refractivity contribution in [2.24, 2.45) is 0 Å². The first-order valence-electron chi connectivity index (χ1n) is 10.5. The second-order valence-electron chi connectivity index (χ2n) is 8.07. The number of benzene rings is 3. The first-order valence-corrected chi connectivity index (χ1v) is 10.5. The molecule has 3 aromatic rings. The van der Waals surface area contributed by atoms with Gasteiger partial charge in [0.05, 0.1) is 0 Å². The van der Waals surface area contributed by atoms with Gasteiger partial charge in [-0.05, 0) is 53.1 Å². The summed E-state index contributed by atoms with van der Waals surface area (Å²) in [4.78, 5) is 17.9. The monoisotopic (exact) mass is 399 g/mol. The van der Waals surface area contributed by atoms with Gasteiger partial charge in [-0.25, -0.2) is 0 Å². The molecule has 1 saturated heterocycles. The van der Waals surface area contributed by atoms with Crippen LogP contribution in [0.4, 0.5) is 11.4 Å². The molecule has 0 bridgehead atoms. The molecular weight excluding hydrogens is 370 g/mol. The number of carbonyl (C=O) groups excluding carboxylic acids is 1. The minimum atomic E-state index is 0.729. The summed E-state index contributed by atoms with van der Waals surface area (Å²) in [5.74, 6) is 0. The lowest BCUT2D eigenvalue weighted by Gasteiger charge is -2.36. The average Bonchev–Trinajstić information content (AvgIpc) is 2.80. The third kappa shape index (κ3) is 4.55. The Bertz CT molecular complexity index is 972. The van der Waals surface area contributed by atoms with Crippen molar-refractivity contribution in [2.75, 3.05) is 50.1 Å². The Balaban J connectivity index is 1.42. The number of aldehydes is 1. The Hall–Kier alpha value is -3.11. The second kappa shape index (κ2) is 9.14. The Labute approximate surface area is 179 Å². The quantitative estimate of drug-likeness (QED) is 0.568. The minimum absolute atomic E-state index is 0.729. The molecule has 0 saturated carbocycles. The van der Waals surface area contributed by atoms with Crippen molar-refractivity contribution in [1.29, 1.82) is 0 Å². The van der Waals surface area contributed by atoms with E-state index in [0.717, 1.165) is 44.6 Å². The number of anilines is 2. The number of hydrogen-bond donors (Lipinski definition) is 0. The van der Waals surface area contributed by atoms with Crippen LogP contribution in [0.5, 0.6) is 0 Å². The van der Waals surface area contributed by atoms with Crippen molar-refractivity contribution < 1.29 is 4.79 Å². The SMILES string of the molecule is CN(C)c1ccc(-c2ccccc2CN2CCN(c3ccc(C=O)cc3)CC2)cc1. The highest BCUT2D eigenvalue weighted by atomic mass is 16.1. The molecule has 0 unspecified atom stereocenters. The molecule has 30 heavy (non-hydrogen) atoms. The van der Waals surface area contributed by atoms with Gasteiger partial charge in [0.25, 0.3) is 0 Å². The van der Waals surface area contributed by atoms with E-state index in [2.05, 4.69) is 77.3 Å². The summed E-state index contributed by atoms with van der Waals surface area (Å²) in [5, 5.41) is 0. The topological polar surface area (TPSA) is 26.8 Å². The fourth-order valence-corrected chi connectivity index (χ4v) is 4.05. The maximum absolute atomic E-state index is 10.9. The predicted octanol–water partition coefficient (Wildman–Crippen LogP) is 4.55. The van der Waals surface area contributed by atoms with Crippen LogP contribution >= 0.6 is 0 Å². The lowest BCUT2D eigenvalue weighted by molar-refractivity contribution is 0.112. The van der Waals surface area contributed by atoms with Crippen LogP contribution in [-0.2, 0) is 6.54 Å². The summed E-state index contributed by atoms with van der Waals surface area (Å²) in [6.07, 6.45) is 0.896. The molecule has 4 rings (SSSR count). The van der Waals surface area contributed by atoms with E-state index in [-0.39, 0.29) is 0 Å². The van der Waals surface area contributed by atoms with Crippen molar-refractivity contribution in [3.05, 3.63) is 83.9 Å². The fourth-order valence-electron chi connectivity index (χ4n) is 4.05. The Morgan fingerprint density at radius 1 is 0.833 bits per heavy atom. The summed E-state index contributed by atoms with van der Waals surface area (Å²) < 4.78 is 0. The largest absolute Gasteiger partial charge is 0.378 e. The van der Waals surface area contributed by atoms with Crippen molar-refractivity contribution in [3.8, 4) is 11.1 Å². The first kappa shape index (κ1) is 20.2. The van der Waals surface area contributed by atoms with Crippen molar-refractivity contribution >= 4 is 17.7 Å². The molecule has 0 atom stereocenters. The molecule has 0 aromatic heterocycles. The van der Waals surface area contributed by atoms with Gasteiger partial charge in [-0.1, -0.05) is 36.4 Å². The van der Waals surface area contributed by atoms with E-state index < -0.39 is 0 Å². The lowest BCUT2D eigenvalue weighted by Crippen LogP contribution is -2.46. The molecule has 4 nitrogen and oxygen atoms in total. The predicted molar refractivity (Wildman–Crippen MR) is 126 cm³/mol. The number of nitrogens with zero attached hydrogens (tertiary/aromatic N) is 3. The third-order valence-corrected chi connectivity index (χ3v) is 5.87. The van der Waals surface area contributed by atoms with Crippen LogP contribution in [0.1, 0.15) is 15.9 Å². The molecule has 154 valence electrons. The van der Waals surface area contributed by atoms with Crippen LogP contribution in [0.25, 0.3) is 11.1 Å². The molecule has 1 aliphatic rings. The Morgan fingerprint density at radius 2 is 1.50 bits per heavy atom. The normalized spacial score (nSPS) is 14.5. The van der Waals surface area contributed by atoms with Gasteiger partial charge < -0.3 is 9.80 Å². The Morgan fingerprint density at radius 3 is 2.13 bits per heavy atom.